The van der Waals surface area contributed by atoms with E-state index < -0.39 is 11.6 Å². The van der Waals surface area contributed by atoms with Gasteiger partial charge in [0.25, 0.3) is 0 Å². The van der Waals surface area contributed by atoms with E-state index in [1.54, 1.807) is 12.1 Å². The number of hydrogen-bond acceptors (Lipinski definition) is 1. The van der Waals surface area contributed by atoms with E-state index in [4.69, 9.17) is 0 Å². The number of halogens is 2. The van der Waals surface area contributed by atoms with E-state index in [9.17, 15) is 8.78 Å². The topological polar surface area (TPSA) is 12.0 Å². The zero-order valence-corrected chi connectivity index (χ0v) is 11.4. The molecule has 104 valence electrons. The minimum absolute atomic E-state index is 0.126. The largest absolute Gasteiger partial charge is 0.310 e. The molecule has 1 N–H and O–H groups in total. The van der Waals surface area contributed by atoms with Crippen molar-refractivity contribution in [1.82, 2.24) is 5.32 Å². The van der Waals surface area contributed by atoms with Crippen molar-refractivity contribution in [3.05, 3.63) is 47.0 Å². The fourth-order valence-corrected chi connectivity index (χ4v) is 2.69. The van der Waals surface area contributed by atoms with Crippen LogP contribution in [0, 0.1) is 11.6 Å². The van der Waals surface area contributed by atoms with Crippen molar-refractivity contribution < 1.29 is 8.78 Å². The highest BCUT2D eigenvalue weighted by Crippen LogP contribution is 2.23. The average molecular weight is 265 g/mol. The van der Waals surface area contributed by atoms with Gasteiger partial charge in [0, 0.05) is 6.04 Å². The summed E-state index contributed by atoms with van der Waals surface area (Å²) in [5.41, 5.74) is 1.80. The van der Waals surface area contributed by atoms with Crippen molar-refractivity contribution in [3.63, 3.8) is 0 Å². The Labute approximate surface area is 113 Å². The van der Waals surface area contributed by atoms with E-state index in [0.29, 0.717) is 12.0 Å². The molecule has 0 aliphatic heterocycles. The van der Waals surface area contributed by atoms with Gasteiger partial charge in [-0.15, -0.1) is 0 Å². The van der Waals surface area contributed by atoms with E-state index in [0.717, 1.165) is 19.4 Å². The van der Waals surface area contributed by atoms with Crippen LogP contribution in [0.5, 0.6) is 0 Å². The quantitative estimate of drug-likeness (QED) is 0.794. The van der Waals surface area contributed by atoms with Crippen molar-refractivity contribution in [2.45, 2.75) is 45.1 Å². The Morgan fingerprint density at radius 2 is 2.11 bits per heavy atom. The second kappa shape index (κ2) is 6.80. The Bertz CT molecular complexity index is 454. The average Bonchev–Trinajstić information content (AvgIpc) is 2.44. The van der Waals surface area contributed by atoms with E-state index in [1.165, 1.54) is 24.5 Å². The van der Waals surface area contributed by atoms with Crippen LogP contribution < -0.4 is 5.32 Å². The number of benzene rings is 1. The summed E-state index contributed by atoms with van der Waals surface area (Å²) in [5, 5.41) is 3.39. The highest BCUT2D eigenvalue weighted by Gasteiger charge is 2.18. The van der Waals surface area contributed by atoms with E-state index in [1.807, 2.05) is 6.92 Å². The lowest BCUT2D eigenvalue weighted by Crippen LogP contribution is -2.33. The van der Waals surface area contributed by atoms with Crippen LogP contribution in [0.25, 0.3) is 0 Å². The van der Waals surface area contributed by atoms with Gasteiger partial charge >= 0.3 is 0 Å². The first-order chi connectivity index (χ1) is 9.22. The number of likely N-dealkylation sites (N-methyl/N-ethyl adjacent to an activating group) is 1. The third kappa shape index (κ3) is 3.63. The lowest BCUT2D eigenvalue weighted by Gasteiger charge is -2.24. The highest BCUT2D eigenvalue weighted by molar-refractivity contribution is 5.24. The molecule has 1 atom stereocenters. The minimum atomic E-state index is -0.759. The van der Waals surface area contributed by atoms with Crippen molar-refractivity contribution >= 4 is 0 Å². The fraction of sp³-hybridized carbons (Fsp3) is 0.500. The number of nitrogens with one attached hydrogen (secondary N) is 1. The predicted octanol–water partition coefficient (Wildman–Crippen LogP) is 3.99. The molecule has 1 nitrogen and oxygen atoms in total. The molecule has 0 saturated carbocycles. The summed E-state index contributed by atoms with van der Waals surface area (Å²) >= 11 is 0. The first-order valence-electron chi connectivity index (χ1n) is 7.07. The molecular weight excluding hydrogens is 244 g/mol. The van der Waals surface area contributed by atoms with Gasteiger partial charge < -0.3 is 5.32 Å². The first kappa shape index (κ1) is 14.2. The van der Waals surface area contributed by atoms with Gasteiger partial charge in [0.05, 0.1) is 0 Å². The van der Waals surface area contributed by atoms with Crippen LogP contribution in [-0.4, -0.2) is 12.6 Å². The molecule has 0 fully saturated rings. The van der Waals surface area contributed by atoms with Crippen molar-refractivity contribution in [1.29, 1.82) is 0 Å². The highest BCUT2D eigenvalue weighted by atomic mass is 19.2. The molecule has 0 amide bonds. The van der Waals surface area contributed by atoms with Gasteiger partial charge in [-0.25, -0.2) is 8.78 Å². The summed E-state index contributed by atoms with van der Waals surface area (Å²) in [4.78, 5) is 0. The Hall–Kier alpha value is -1.22. The molecule has 0 bridgehead atoms. The zero-order valence-electron chi connectivity index (χ0n) is 11.4. The maximum Gasteiger partial charge on any atom is 0.162 e. The summed E-state index contributed by atoms with van der Waals surface area (Å²) in [6, 6.07) is 4.54. The van der Waals surface area contributed by atoms with Crippen LogP contribution in [0.1, 0.15) is 38.2 Å². The van der Waals surface area contributed by atoms with Gasteiger partial charge in [0.15, 0.2) is 11.6 Å². The molecule has 0 spiro atoms. The van der Waals surface area contributed by atoms with Crippen LogP contribution in [0.15, 0.2) is 29.8 Å². The minimum Gasteiger partial charge on any atom is -0.310 e. The summed E-state index contributed by atoms with van der Waals surface area (Å²) in [7, 11) is 0. The van der Waals surface area contributed by atoms with E-state index in [2.05, 4.69) is 11.4 Å². The van der Waals surface area contributed by atoms with Gasteiger partial charge in [-0.3, -0.25) is 0 Å². The van der Waals surface area contributed by atoms with Crippen LogP contribution in [0.3, 0.4) is 0 Å². The second-order valence-corrected chi connectivity index (χ2v) is 5.05. The second-order valence-electron chi connectivity index (χ2n) is 5.05. The van der Waals surface area contributed by atoms with Gasteiger partial charge in [0.2, 0.25) is 0 Å². The monoisotopic (exact) mass is 265 g/mol. The molecule has 0 radical (unpaired) electrons. The molecule has 1 aliphatic rings. The van der Waals surface area contributed by atoms with Gasteiger partial charge in [-0.2, -0.15) is 0 Å². The SMILES string of the molecule is CCNC(Cc1cccc(F)c1F)C1=CCCCC1. The van der Waals surface area contributed by atoms with E-state index in [-0.39, 0.29) is 6.04 Å². The fourth-order valence-electron chi connectivity index (χ4n) is 2.69. The normalized spacial score (nSPS) is 17.1. The Morgan fingerprint density at radius 1 is 1.26 bits per heavy atom. The molecule has 0 saturated heterocycles. The molecule has 1 unspecified atom stereocenters. The number of allylic oxidation sites excluding steroid dienone is 1. The smallest absolute Gasteiger partial charge is 0.162 e. The van der Waals surface area contributed by atoms with Crippen LogP contribution >= 0.6 is 0 Å². The summed E-state index contributed by atoms with van der Waals surface area (Å²) in [6.07, 6.45) is 7.37. The molecule has 1 aromatic rings. The van der Waals surface area contributed by atoms with Gasteiger partial charge in [0.1, 0.15) is 0 Å². The molecule has 3 heteroatoms. The predicted molar refractivity (Wildman–Crippen MR) is 74.1 cm³/mol. The maximum absolute atomic E-state index is 13.7. The lowest BCUT2D eigenvalue weighted by molar-refractivity contribution is 0.483. The van der Waals surface area contributed by atoms with Crippen molar-refractivity contribution in [2.24, 2.45) is 0 Å². The van der Waals surface area contributed by atoms with Gasteiger partial charge in [-0.1, -0.05) is 30.7 Å². The standard InChI is InChI=1S/C16H21F2N/c1-2-19-15(12-7-4-3-5-8-12)11-13-9-6-10-14(17)16(13)18/h6-7,9-10,15,19H,2-5,8,11H2,1H3. The molecule has 1 aliphatic carbocycles. The molecule has 0 heterocycles. The molecular formula is C16H21F2N. The Morgan fingerprint density at radius 3 is 2.79 bits per heavy atom. The van der Waals surface area contributed by atoms with Crippen molar-refractivity contribution in [3.8, 4) is 0 Å². The lowest BCUT2D eigenvalue weighted by atomic mass is 9.90. The first-order valence-corrected chi connectivity index (χ1v) is 7.07. The van der Waals surface area contributed by atoms with Crippen LogP contribution in [0.2, 0.25) is 0 Å². The molecule has 19 heavy (non-hydrogen) atoms. The summed E-state index contributed by atoms with van der Waals surface area (Å²) < 4.78 is 27.0. The van der Waals surface area contributed by atoms with Crippen molar-refractivity contribution in [2.75, 3.05) is 6.54 Å². The van der Waals surface area contributed by atoms with Crippen LogP contribution in [0.4, 0.5) is 8.78 Å². The Kier molecular flexibility index (Phi) is 5.08. The van der Waals surface area contributed by atoms with Crippen LogP contribution in [-0.2, 0) is 6.42 Å². The third-order valence-corrected chi connectivity index (χ3v) is 3.68. The van der Waals surface area contributed by atoms with Gasteiger partial charge in [-0.05, 0) is 50.3 Å². The Balaban J connectivity index is 2.16. The summed E-state index contributed by atoms with van der Waals surface area (Å²) in [6.45, 7) is 2.87. The summed E-state index contributed by atoms with van der Waals surface area (Å²) in [5.74, 6) is -1.47. The number of rotatable bonds is 5. The molecule has 0 aromatic heterocycles. The number of hydrogen-bond donors (Lipinski definition) is 1. The zero-order chi connectivity index (χ0) is 13.7. The molecule has 1 aromatic carbocycles. The molecule has 2 rings (SSSR count). The maximum atomic E-state index is 13.7. The third-order valence-electron chi connectivity index (χ3n) is 3.68. The van der Waals surface area contributed by atoms with E-state index >= 15 is 0 Å².